The summed E-state index contributed by atoms with van der Waals surface area (Å²) in [6.07, 6.45) is 7.17. The minimum absolute atomic E-state index is 0.0791. The zero-order valence-corrected chi connectivity index (χ0v) is 12.1. The number of rotatable bonds is 2. The van der Waals surface area contributed by atoms with E-state index in [1.165, 1.54) is 13.5 Å². The molecule has 1 N–H and O–H groups in total. The first kappa shape index (κ1) is 13.9. The number of amides is 2. The lowest BCUT2D eigenvalue weighted by molar-refractivity contribution is 0.0594. The molecule has 0 aromatic carbocycles. The molecule has 2 heterocycles. The number of pyridine rings is 1. The average molecular weight is 289 g/mol. The van der Waals surface area contributed by atoms with Gasteiger partial charge in [-0.15, -0.1) is 0 Å². The van der Waals surface area contributed by atoms with E-state index in [9.17, 15) is 9.59 Å². The molecular formula is C15H19N3O3. The first-order chi connectivity index (χ1) is 10.1. The summed E-state index contributed by atoms with van der Waals surface area (Å²) in [6.45, 7) is 0.672. The van der Waals surface area contributed by atoms with Crippen molar-refractivity contribution >= 4 is 17.7 Å². The van der Waals surface area contributed by atoms with Gasteiger partial charge in [0.1, 0.15) is 5.69 Å². The van der Waals surface area contributed by atoms with Crippen molar-refractivity contribution in [1.29, 1.82) is 0 Å². The molecule has 6 nitrogen and oxygen atoms in total. The Balaban J connectivity index is 1.77. The van der Waals surface area contributed by atoms with Crippen LogP contribution in [-0.4, -0.2) is 36.2 Å². The molecule has 0 unspecified atom stereocenters. The summed E-state index contributed by atoms with van der Waals surface area (Å²) in [4.78, 5) is 29.4. The van der Waals surface area contributed by atoms with Crippen molar-refractivity contribution in [3.8, 4) is 0 Å². The maximum atomic E-state index is 12.2. The number of ether oxygens (including phenoxy) is 1. The Morgan fingerprint density at radius 1 is 1.33 bits per heavy atom. The van der Waals surface area contributed by atoms with Gasteiger partial charge >= 0.3 is 12.0 Å². The molecule has 1 spiro atoms. The van der Waals surface area contributed by atoms with Gasteiger partial charge in [0.15, 0.2) is 0 Å². The van der Waals surface area contributed by atoms with E-state index < -0.39 is 5.97 Å². The third-order valence-corrected chi connectivity index (χ3v) is 4.34. The van der Waals surface area contributed by atoms with Crippen LogP contribution in [0.2, 0.25) is 0 Å². The molecular weight excluding hydrogens is 270 g/mol. The summed E-state index contributed by atoms with van der Waals surface area (Å²) >= 11 is 0. The highest BCUT2D eigenvalue weighted by Gasteiger charge is 2.43. The number of hydrogen-bond donors (Lipinski definition) is 1. The normalized spacial score (nSPS) is 20.4. The van der Waals surface area contributed by atoms with Crippen molar-refractivity contribution < 1.29 is 14.3 Å². The minimum atomic E-state index is -0.476. The van der Waals surface area contributed by atoms with Crippen molar-refractivity contribution in [2.75, 3.05) is 18.6 Å². The molecule has 112 valence electrons. The lowest BCUT2D eigenvalue weighted by atomic mass is 9.82. The Hall–Kier alpha value is -2.11. The van der Waals surface area contributed by atoms with Crippen LogP contribution in [0.3, 0.4) is 0 Å². The quantitative estimate of drug-likeness (QED) is 0.846. The number of urea groups is 1. The molecule has 1 saturated heterocycles. The van der Waals surface area contributed by atoms with E-state index in [4.69, 9.17) is 0 Å². The second-order valence-electron chi connectivity index (χ2n) is 5.75. The highest BCUT2D eigenvalue weighted by Crippen LogP contribution is 2.34. The number of hydrogen-bond acceptors (Lipinski definition) is 4. The monoisotopic (exact) mass is 289 g/mol. The van der Waals surface area contributed by atoms with Gasteiger partial charge < -0.3 is 10.1 Å². The maximum Gasteiger partial charge on any atom is 0.356 e. The molecule has 21 heavy (non-hydrogen) atoms. The number of carbonyl (C=O) groups excluding carboxylic acids is 2. The highest BCUT2D eigenvalue weighted by molar-refractivity contribution is 5.95. The van der Waals surface area contributed by atoms with E-state index >= 15 is 0 Å². The molecule has 6 heteroatoms. The Kier molecular flexibility index (Phi) is 3.53. The van der Waals surface area contributed by atoms with Crippen molar-refractivity contribution in [2.45, 2.75) is 37.6 Å². The van der Waals surface area contributed by atoms with Gasteiger partial charge in [0.25, 0.3) is 0 Å². The first-order valence-corrected chi connectivity index (χ1v) is 7.28. The summed E-state index contributed by atoms with van der Waals surface area (Å²) in [7, 11) is 1.32. The van der Waals surface area contributed by atoms with Gasteiger partial charge in [-0.05, 0) is 25.0 Å². The summed E-state index contributed by atoms with van der Waals surface area (Å²) < 4.78 is 4.62. The second-order valence-corrected chi connectivity index (χ2v) is 5.75. The van der Waals surface area contributed by atoms with Gasteiger partial charge in [-0.2, -0.15) is 0 Å². The molecule has 1 aromatic rings. The van der Waals surface area contributed by atoms with Crippen molar-refractivity contribution in [3.63, 3.8) is 0 Å². The molecule has 2 fully saturated rings. The smallest absolute Gasteiger partial charge is 0.356 e. The lowest BCUT2D eigenvalue weighted by Crippen LogP contribution is -2.44. The number of nitrogens with zero attached hydrogens (tertiary/aromatic N) is 2. The summed E-state index contributed by atoms with van der Waals surface area (Å²) in [5, 5.41) is 3.13. The van der Waals surface area contributed by atoms with Gasteiger partial charge in [0.05, 0.1) is 31.1 Å². The van der Waals surface area contributed by atoms with Crippen LogP contribution in [-0.2, 0) is 4.74 Å². The molecule has 0 atom stereocenters. The first-order valence-electron chi connectivity index (χ1n) is 7.28. The third kappa shape index (κ3) is 2.57. The highest BCUT2D eigenvalue weighted by atomic mass is 16.5. The van der Waals surface area contributed by atoms with E-state index in [1.54, 1.807) is 23.2 Å². The molecule has 3 rings (SSSR count). The number of anilines is 1. The fourth-order valence-corrected chi connectivity index (χ4v) is 3.20. The van der Waals surface area contributed by atoms with E-state index in [1.807, 2.05) is 0 Å². The predicted molar refractivity (Wildman–Crippen MR) is 77.3 cm³/mol. The lowest BCUT2D eigenvalue weighted by Gasteiger charge is -2.32. The molecule has 2 amide bonds. The van der Waals surface area contributed by atoms with Gasteiger partial charge in [-0.3, -0.25) is 4.90 Å². The summed E-state index contributed by atoms with van der Waals surface area (Å²) in [5.74, 6) is -0.476. The van der Waals surface area contributed by atoms with Crippen LogP contribution >= 0.6 is 0 Å². The van der Waals surface area contributed by atoms with Crippen molar-refractivity contribution in [3.05, 3.63) is 24.0 Å². The molecule has 2 aliphatic rings. The van der Waals surface area contributed by atoms with Gasteiger partial charge in [-0.25, -0.2) is 14.6 Å². The Morgan fingerprint density at radius 2 is 2.10 bits per heavy atom. The van der Waals surface area contributed by atoms with Crippen LogP contribution in [0.25, 0.3) is 0 Å². The zero-order valence-electron chi connectivity index (χ0n) is 12.1. The molecule has 0 bridgehead atoms. The largest absolute Gasteiger partial charge is 0.464 e. The van der Waals surface area contributed by atoms with Crippen LogP contribution in [0.15, 0.2) is 18.3 Å². The SMILES string of the molecule is COC(=O)c1ccc(N2CC3(CCCCC3)NC2=O)cn1. The zero-order chi connectivity index (χ0) is 14.9. The molecule has 1 saturated carbocycles. The number of esters is 1. The van der Waals surface area contributed by atoms with E-state index in [-0.39, 0.29) is 17.3 Å². The third-order valence-electron chi connectivity index (χ3n) is 4.34. The minimum Gasteiger partial charge on any atom is -0.464 e. The second kappa shape index (κ2) is 5.35. The van der Waals surface area contributed by atoms with Gasteiger partial charge in [0, 0.05) is 0 Å². The summed E-state index contributed by atoms with van der Waals surface area (Å²) in [6, 6.07) is 3.24. The number of methoxy groups -OCH3 is 1. The number of nitrogens with one attached hydrogen (secondary N) is 1. The van der Waals surface area contributed by atoms with Crippen LogP contribution in [0, 0.1) is 0 Å². The fraction of sp³-hybridized carbons (Fsp3) is 0.533. The fourth-order valence-electron chi connectivity index (χ4n) is 3.20. The Morgan fingerprint density at radius 3 is 2.71 bits per heavy atom. The van der Waals surface area contributed by atoms with E-state index in [0.717, 1.165) is 25.7 Å². The standard InChI is InChI=1S/C15H19N3O3/c1-21-13(19)12-6-5-11(9-16-12)18-10-15(17-14(18)20)7-3-2-4-8-15/h5-6,9H,2-4,7-8,10H2,1H3,(H,17,20). The van der Waals surface area contributed by atoms with Crippen LogP contribution in [0.4, 0.5) is 10.5 Å². The van der Waals surface area contributed by atoms with Crippen LogP contribution in [0.5, 0.6) is 0 Å². The summed E-state index contributed by atoms with van der Waals surface area (Å²) in [5.41, 5.74) is 0.868. The molecule has 1 aliphatic heterocycles. The number of carbonyl (C=O) groups is 2. The van der Waals surface area contributed by atoms with Gasteiger partial charge in [0.2, 0.25) is 0 Å². The van der Waals surface area contributed by atoms with Gasteiger partial charge in [-0.1, -0.05) is 19.3 Å². The van der Waals surface area contributed by atoms with Crippen molar-refractivity contribution in [2.24, 2.45) is 0 Å². The maximum absolute atomic E-state index is 12.2. The van der Waals surface area contributed by atoms with Crippen LogP contribution < -0.4 is 10.2 Å². The molecule has 0 radical (unpaired) electrons. The average Bonchev–Trinajstić information content (AvgIpc) is 2.83. The molecule has 1 aliphatic carbocycles. The Bertz CT molecular complexity index is 550. The van der Waals surface area contributed by atoms with E-state index in [2.05, 4.69) is 15.0 Å². The molecule has 1 aromatic heterocycles. The van der Waals surface area contributed by atoms with Crippen LogP contribution in [0.1, 0.15) is 42.6 Å². The number of aromatic nitrogens is 1. The Labute approximate surface area is 123 Å². The van der Waals surface area contributed by atoms with Crippen molar-refractivity contribution in [1.82, 2.24) is 10.3 Å². The topological polar surface area (TPSA) is 71.5 Å². The predicted octanol–water partition coefficient (Wildman–Crippen LogP) is 2.10. The van der Waals surface area contributed by atoms with E-state index in [0.29, 0.717) is 12.2 Å².